The van der Waals surface area contributed by atoms with Crippen molar-refractivity contribution in [3.63, 3.8) is 0 Å². The zero-order valence-electron chi connectivity index (χ0n) is 13.7. The predicted molar refractivity (Wildman–Crippen MR) is 98.4 cm³/mol. The molecule has 124 valence electrons. The van der Waals surface area contributed by atoms with E-state index < -0.39 is 0 Å². The fourth-order valence-corrected chi connectivity index (χ4v) is 2.25. The third-order valence-electron chi connectivity index (χ3n) is 3.44. The van der Waals surface area contributed by atoms with Gasteiger partial charge in [0.1, 0.15) is 22.9 Å². The first-order valence-electron chi connectivity index (χ1n) is 7.75. The fourth-order valence-electron chi connectivity index (χ4n) is 2.25. The van der Waals surface area contributed by atoms with Crippen molar-refractivity contribution in [3.8, 4) is 0 Å². The topological polar surface area (TPSA) is 79.1 Å². The average molecular weight is 331 g/mol. The van der Waals surface area contributed by atoms with E-state index >= 15 is 0 Å². The van der Waals surface area contributed by atoms with Crippen LogP contribution >= 0.6 is 0 Å². The summed E-state index contributed by atoms with van der Waals surface area (Å²) in [5, 5.41) is 20.6. The number of aliphatic hydroxyl groups is 2. The lowest BCUT2D eigenvalue weighted by atomic mass is 10.2. The minimum atomic E-state index is -0.0259. The fraction of sp³-hybridized carbons (Fsp3) is 0.0500. The average Bonchev–Trinajstić information content (AvgIpc) is 2.62. The Morgan fingerprint density at radius 3 is 2.04 bits per heavy atom. The molecule has 3 aromatic rings. The molecule has 0 radical (unpaired) electrons. The second kappa shape index (κ2) is 7.40. The molecule has 0 bridgehead atoms. The van der Waals surface area contributed by atoms with Crippen LogP contribution in [0.25, 0.3) is 23.7 Å². The van der Waals surface area contributed by atoms with E-state index in [4.69, 9.17) is 0 Å². The highest BCUT2D eigenvalue weighted by Crippen LogP contribution is 2.17. The number of hydrogen-bond donors (Lipinski definition) is 2. The number of aryl methyl sites for hydroxylation is 1. The maximum Gasteiger partial charge on any atom is 0.143 e. The van der Waals surface area contributed by atoms with Crippen molar-refractivity contribution < 1.29 is 10.2 Å². The summed E-state index contributed by atoms with van der Waals surface area (Å²) in [6.45, 7) is 1.88. The Morgan fingerprint density at radius 1 is 0.760 bits per heavy atom. The van der Waals surface area contributed by atoms with Crippen LogP contribution in [0.4, 0.5) is 0 Å². The van der Waals surface area contributed by atoms with E-state index in [1.807, 2.05) is 25.1 Å². The summed E-state index contributed by atoms with van der Waals surface area (Å²) in [7, 11) is 0. The largest absolute Gasteiger partial charge is 0.506 e. The van der Waals surface area contributed by atoms with E-state index in [0.717, 1.165) is 5.69 Å². The second-order valence-corrected chi connectivity index (χ2v) is 5.43. The van der Waals surface area contributed by atoms with Crippen LogP contribution in [0, 0.1) is 6.92 Å². The molecular weight excluding hydrogens is 314 g/mol. The van der Waals surface area contributed by atoms with Gasteiger partial charge in [0.25, 0.3) is 0 Å². The van der Waals surface area contributed by atoms with Crippen molar-refractivity contribution in [2.75, 3.05) is 0 Å². The molecule has 3 rings (SSSR count). The zero-order valence-corrected chi connectivity index (χ0v) is 13.7. The first-order valence-corrected chi connectivity index (χ1v) is 7.75. The van der Waals surface area contributed by atoms with Crippen LogP contribution in [0.3, 0.4) is 0 Å². The first-order chi connectivity index (χ1) is 12.1. The SMILES string of the molecule is Cc1cccc(/C=C(\O)c2cccc(/C(O)=C/c3ccccn3)n2)n1. The molecule has 0 fully saturated rings. The van der Waals surface area contributed by atoms with Crippen LogP contribution in [-0.4, -0.2) is 25.2 Å². The molecule has 0 spiro atoms. The van der Waals surface area contributed by atoms with Crippen LogP contribution in [0.15, 0.2) is 60.8 Å². The predicted octanol–water partition coefficient (Wildman–Crippen LogP) is 4.29. The van der Waals surface area contributed by atoms with Crippen LogP contribution in [-0.2, 0) is 0 Å². The molecular formula is C20H17N3O2. The van der Waals surface area contributed by atoms with E-state index in [9.17, 15) is 10.2 Å². The normalized spacial score (nSPS) is 12.2. The standard InChI is InChI=1S/C20H17N3O2/c1-14-6-4-8-16(22-14)13-20(25)18-10-5-9-17(23-18)19(24)12-15-7-2-3-11-21-15/h2-13,24-25H,1H3/b19-12-,20-13-. The van der Waals surface area contributed by atoms with E-state index in [1.54, 1.807) is 48.7 Å². The van der Waals surface area contributed by atoms with Crippen LogP contribution in [0.2, 0.25) is 0 Å². The summed E-state index contributed by atoms with van der Waals surface area (Å²) in [5.41, 5.74) is 2.81. The smallest absolute Gasteiger partial charge is 0.143 e. The van der Waals surface area contributed by atoms with Crippen LogP contribution in [0.1, 0.15) is 28.5 Å². The van der Waals surface area contributed by atoms with Gasteiger partial charge in [0.15, 0.2) is 0 Å². The highest BCUT2D eigenvalue weighted by atomic mass is 16.3. The molecule has 5 heteroatoms. The number of aliphatic hydroxyl groups excluding tert-OH is 2. The maximum absolute atomic E-state index is 10.3. The Kier molecular flexibility index (Phi) is 4.85. The first kappa shape index (κ1) is 16.4. The molecule has 0 unspecified atom stereocenters. The second-order valence-electron chi connectivity index (χ2n) is 5.43. The molecule has 0 aliphatic heterocycles. The van der Waals surface area contributed by atoms with Crippen molar-refractivity contribution in [2.45, 2.75) is 6.92 Å². The molecule has 0 aliphatic rings. The molecule has 0 amide bonds. The Bertz CT molecular complexity index is 934. The number of aromatic nitrogens is 3. The van der Waals surface area contributed by atoms with Gasteiger partial charge >= 0.3 is 0 Å². The van der Waals surface area contributed by atoms with E-state index in [2.05, 4.69) is 15.0 Å². The number of pyridine rings is 3. The van der Waals surface area contributed by atoms with Gasteiger partial charge in [-0.25, -0.2) is 4.98 Å². The van der Waals surface area contributed by atoms with Crippen molar-refractivity contribution in [1.29, 1.82) is 0 Å². The Morgan fingerprint density at radius 2 is 1.40 bits per heavy atom. The summed E-state index contributed by atoms with van der Waals surface area (Å²) in [4.78, 5) is 12.7. The zero-order chi connectivity index (χ0) is 17.6. The van der Waals surface area contributed by atoms with Gasteiger partial charge in [-0.1, -0.05) is 18.2 Å². The van der Waals surface area contributed by atoms with Gasteiger partial charge < -0.3 is 10.2 Å². The molecule has 3 aromatic heterocycles. The molecule has 3 heterocycles. The van der Waals surface area contributed by atoms with Gasteiger partial charge in [-0.3, -0.25) is 9.97 Å². The number of hydrogen-bond acceptors (Lipinski definition) is 5. The van der Waals surface area contributed by atoms with E-state index in [0.29, 0.717) is 22.8 Å². The molecule has 0 atom stereocenters. The van der Waals surface area contributed by atoms with Crippen LogP contribution in [0.5, 0.6) is 0 Å². The maximum atomic E-state index is 10.3. The van der Waals surface area contributed by atoms with Crippen LogP contribution < -0.4 is 0 Å². The minimum Gasteiger partial charge on any atom is -0.506 e. The number of nitrogens with zero attached hydrogens (tertiary/aromatic N) is 3. The Balaban J connectivity index is 1.90. The van der Waals surface area contributed by atoms with Gasteiger partial charge in [-0.15, -0.1) is 0 Å². The van der Waals surface area contributed by atoms with Crippen molar-refractivity contribution in [2.24, 2.45) is 0 Å². The Hall–Kier alpha value is -3.47. The molecule has 0 saturated carbocycles. The summed E-state index contributed by atoms with van der Waals surface area (Å²) in [5.74, 6) is -0.0485. The lowest BCUT2D eigenvalue weighted by molar-refractivity contribution is 0.506. The van der Waals surface area contributed by atoms with E-state index in [-0.39, 0.29) is 11.5 Å². The van der Waals surface area contributed by atoms with Gasteiger partial charge in [0.2, 0.25) is 0 Å². The molecule has 2 N–H and O–H groups in total. The summed E-state index contributed by atoms with van der Waals surface area (Å²) >= 11 is 0. The lowest BCUT2D eigenvalue weighted by Gasteiger charge is -2.04. The highest BCUT2D eigenvalue weighted by molar-refractivity contribution is 5.76. The van der Waals surface area contributed by atoms with E-state index in [1.165, 1.54) is 6.08 Å². The van der Waals surface area contributed by atoms with Crippen molar-refractivity contribution in [1.82, 2.24) is 15.0 Å². The van der Waals surface area contributed by atoms with Gasteiger partial charge in [0.05, 0.1) is 11.4 Å². The van der Waals surface area contributed by atoms with Crippen molar-refractivity contribution >= 4 is 23.7 Å². The van der Waals surface area contributed by atoms with Crippen molar-refractivity contribution in [3.05, 3.63) is 89.3 Å². The molecule has 25 heavy (non-hydrogen) atoms. The van der Waals surface area contributed by atoms with Gasteiger partial charge in [-0.2, -0.15) is 0 Å². The molecule has 5 nitrogen and oxygen atoms in total. The third kappa shape index (κ3) is 4.29. The highest BCUT2D eigenvalue weighted by Gasteiger charge is 2.07. The minimum absolute atomic E-state index is 0.0226. The summed E-state index contributed by atoms with van der Waals surface area (Å²) in [6.07, 6.45) is 4.71. The Labute approximate surface area is 145 Å². The summed E-state index contributed by atoms with van der Waals surface area (Å²) < 4.78 is 0. The van der Waals surface area contributed by atoms with Gasteiger partial charge in [-0.05, 0) is 43.3 Å². The number of rotatable bonds is 4. The third-order valence-corrected chi connectivity index (χ3v) is 3.44. The molecule has 0 aliphatic carbocycles. The molecule has 0 aromatic carbocycles. The monoisotopic (exact) mass is 331 g/mol. The van der Waals surface area contributed by atoms with Gasteiger partial charge in [0, 0.05) is 24.0 Å². The molecule has 0 saturated heterocycles. The quantitative estimate of drug-likeness (QED) is 0.697. The summed E-state index contributed by atoms with van der Waals surface area (Å²) in [6, 6.07) is 16.0. The lowest BCUT2D eigenvalue weighted by Crippen LogP contribution is -1.95.